The summed E-state index contributed by atoms with van der Waals surface area (Å²) in [6, 6.07) is 10.2. The van der Waals surface area contributed by atoms with Crippen molar-refractivity contribution in [2.24, 2.45) is 5.41 Å². The highest BCUT2D eigenvalue weighted by atomic mass is 16.5. The first kappa shape index (κ1) is 29.2. The number of aromatic nitrogens is 4. The normalized spacial score (nSPS) is 19.0. The summed E-state index contributed by atoms with van der Waals surface area (Å²) in [5.74, 6) is 1.46. The van der Waals surface area contributed by atoms with E-state index in [4.69, 9.17) is 4.74 Å². The number of hydrogen-bond donors (Lipinski definition) is 3. The highest BCUT2D eigenvalue weighted by Gasteiger charge is 2.37. The van der Waals surface area contributed by atoms with Gasteiger partial charge in [-0.2, -0.15) is 0 Å². The third-order valence-electron chi connectivity index (χ3n) is 9.27. The van der Waals surface area contributed by atoms with Crippen LogP contribution < -0.4 is 25.2 Å². The van der Waals surface area contributed by atoms with E-state index >= 15 is 0 Å². The molecule has 3 aliphatic rings. The van der Waals surface area contributed by atoms with Gasteiger partial charge in [0.05, 0.1) is 25.6 Å². The van der Waals surface area contributed by atoms with Crippen LogP contribution in [-0.4, -0.2) is 69.9 Å². The average Bonchev–Trinajstić information content (AvgIpc) is 3.53. The minimum atomic E-state index is -0.282. The monoisotopic (exact) mass is 608 g/mol. The summed E-state index contributed by atoms with van der Waals surface area (Å²) in [6.07, 6.45) is 7.22. The maximum Gasteiger partial charge on any atom is 0.276 e. The van der Waals surface area contributed by atoms with Crippen molar-refractivity contribution in [3.63, 3.8) is 0 Å². The zero-order valence-corrected chi connectivity index (χ0v) is 26.3. The molecule has 0 unspecified atom stereocenters. The summed E-state index contributed by atoms with van der Waals surface area (Å²) < 4.78 is 7.75. The minimum absolute atomic E-state index is 0.0900. The van der Waals surface area contributed by atoms with Crippen LogP contribution in [0.2, 0.25) is 0 Å². The van der Waals surface area contributed by atoms with E-state index in [0.29, 0.717) is 53.6 Å². The summed E-state index contributed by atoms with van der Waals surface area (Å²) in [6.45, 7) is 10.5. The largest absolute Gasteiger partial charge is 0.480 e. The van der Waals surface area contributed by atoms with Crippen LogP contribution in [0.5, 0.6) is 5.88 Å². The predicted molar refractivity (Wildman–Crippen MR) is 174 cm³/mol. The lowest BCUT2D eigenvalue weighted by molar-refractivity contribution is 0.0962. The number of fused-ring (bicyclic) bond motifs is 3. The first-order valence-electron chi connectivity index (χ1n) is 15.6. The van der Waals surface area contributed by atoms with Crippen molar-refractivity contribution in [3.05, 3.63) is 71.4 Å². The zero-order valence-electron chi connectivity index (χ0n) is 26.3. The summed E-state index contributed by atoms with van der Waals surface area (Å²) >= 11 is 0. The van der Waals surface area contributed by atoms with Gasteiger partial charge >= 0.3 is 0 Å². The second-order valence-corrected chi connectivity index (χ2v) is 13.0. The number of pyridine rings is 3. The number of anilines is 4. The summed E-state index contributed by atoms with van der Waals surface area (Å²) in [5, 5.41) is 17.4. The molecule has 0 bridgehead atoms. The molecule has 7 rings (SSSR count). The lowest BCUT2D eigenvalue weighted by Crippen LogP contribution is -2.49. The van der Waals surface area contributed by atoms with Crippen LogP contribution in [-0.2, 0) is 26.0 Å². The molecule has 1 fully saturated rings. The van der Waals surface area contributed by atoms with Gasteiger partial charge in [-0.05, 0) is 66.6 Å². The number of aliphatic hydroxyl groups excluding tert-OH is 1. The van der Waals surface area contributed by atoms with Crippen LogP contribution in [0.25, 0.3) is 11.1 Å². The highest BCUT2D eigenvalue weighted by Crippen LogP contribution is 2.40. The first-order chi connectivity index (χ1) is 21.8. The number of ether oxygens (including phenoxy) is 1. The van der Waals surface area contributed by atoms with Gasteiger partial charge in [0.2, 0.25) is 5.88 Å². The molecule has 45 heavy (non-hydrogen) atoms. The van der Waals surface area contributed by atoms with Crippen molar-refractivity contribution in [1.29, 1.82) is 0 Å². The molecule has 1 atom stereocenters. The Kier molecular flexibility index (Phi) is 7.45. The van der Waals surface area contributed by atoms with Gasteiger partial charge in [0, 0.05) is 68.0 Å². The quantitative estimate of drug-likeness (QED) is 0.284. The standard InChI is InChI=1S/C34H40N8O3/c1-21-17-35-9-10-40(21)24-5-6-30(37-19-24)39-27-13-23(18-38-32(27)45-4)25-7-8-36-31(26(25)20-43)42-12-11-41-28(33(42)44)14-22-15-34(2,3)16-29(22)41/h5-8,13-14,18-19,21,35,43H,9-12,15-17,20H2,1-4H3,(H,37,39)/t21-/m0/s1. The Morgan fingerprint density at radius 3 is 2.71 bits per heavy atom. The lowest BCUT2D eigenvalue weighted by Gasteiger charge is -2.35. The molecule has 0 saturated carbocycles. The fraction of sp³-hybridized carbons (Fsp3) is 0.412. The van der Waals surface area contributed by atoms with E-state index in [1.807, 2.05) is 24.4 Å². The fourth-order valence-electron chi connectivity index (χ4n) is 7.10. The highest BCUT2D eigenvalue weighted by molar-refractivity contribution is 6.06. The molecular formula is C34H40N8O3. The molecule has 0 radical (unpaired) electrons. The molecule has 1 saturated heterocycles. The Bertz CT molecular complexity index is 1750. The van der Waals surface area contributed by atoms with E-state index in [1.54, 1.807) is 24.4 Å². The minimum Gasteiger partial charge on any atom is -0.480 e. The Morgan fingerprint density at radius 2 is 1.96 bits per heavy atom. The van der Waals surface area contributed by atoms with Crippen LogP contribution >= 0.6 is 0 Å². The molecule has 1 aliphatic carbocycles. The molecule has 1 amide bonds. The molecule has 4 aromatic rings. The number of carbonyl (C=O) groups excluding carboxylic acids is 1. The van der Waals surface area contributed by atoms with Gasteiger partial charge in [-0.25, -0.2) is 15.0 Å². The second kappa shape index (κ2) is 11.5. The second-order valence-electron chi connectivity index (χ2n) is 13.0. The molecule has 11 nitrogen and oxygen atoms in total. The van der Waals surface area contributed by atoms with Crippen molar-refractivity contribution in [2.75, 3.05) is 48.4 Å². The maximum atomic E-state index is 13.8. The van der Waals surface area contributed by atoms with Crippen molar-refractivity contribution >= 4 is 28.9 Å². The maximum absolute atomic E-state index is 13.8. The van der Waals surface area contributed by atoms with E-state index < -0.39 is 0 Å². The molecular weight excluding hydrogens is 568 g/mol. The summed E-state index contributed by atoms with van der Waals surface area (Å²) in [7, 11) is 1.58. The molecule has 234 valence electrons. The van der Waals surface area contributed by atoms with Gasteiger partial charge in [-0.1, -0.05) is 13.8 Å². The van der Waals surface area contributed by atoms with Gasteiger partial charge in [0.25, 0.3) is 5.91 Å². The number of methoxy groups -OCH3 is 1. The van der Waals surface area contributed by atoms with Gasteiger partial charge in [0.1, 0.15) is 23.0 Å². The van der Waals surface area contributed by atoms with E-state index in [2.05, 4.69) is 68.0 Å². The number of piperazine rings is 1. The third kappa shape index (κ3) is 5.29. The van der Waals surface area contributed by atoms with Gasteiger partial charge in [0.15, 0.2) is 0 Å². The molecule has 11 heteroatoms. The topological polar surface area (TPSA) is 121 Å². The molecule has 6 heterocycles. The summed E-state index contributed by atoms with van der Waals surface area (Å²) in [4.78, 5) is 31.7. The fourth-order valence-corrected chi connectivity index (χ4v) is 7.10. The third-order valence-corrected chi connectivity index (χ3v) is 9.27. The zero-order chi connectivity index (χ0) is 31.3. The number of amides is 1. The smallest absolute Gasteiger partial charge is 0.276 e. The number of aliphatic hydroxyl groups is 1. The van der Waals surface area contributed by atoms with Crippen LogP contribution in [0.3, 0.4) is 0 Å². The van der Waals surface area contributed by atoms with E-state index in [1.165, 1.54) is 11.3 Å². The average molecular weight is 609 g/mol. The number of nitrogens with zero attached hydrogens (tertiary/aromatic N) is 6. The number of nitrogens with one attached hydrogen (secondary N) is 2. The number of hydrogen-bond acceptors (Lipinski definition) is 9. The van der Waals surface area contributed by atoms with Gasteiger partial charge in [-0.3, -0.25) is 9.69 Å². The van der Waals surface area contributed by atoms with Crippen LogP contribution in [0, 0.1) is 5.41 Å². The van der Waals surface area contributed by atoms with Crippen molar-refractivity contribution in [3.8, 4) is 17.0 Å². The van der Waals surface area contributed by atoms with Gasteiger partial charge in [-0.15, -0.1) is 0 Å². The van der Waals surface area contributed by atoms with Crippen LogP contribution in [0.15, 0.2) is 48.9 Å². The first-order valence-corrected chi connectivity index (χ1v) is 15.6. The predicted octanol–water partition coefficient (Wildman–Crippen LogP) is 4.17. The van der Waals surface area contributed by atoms with Crippen molar-refractivity contribution < 1.29 is 14.6 Å². The Balaban J connectivity index is 1.17. The van der Waals surface area contributed by atoms with Gasteiger partial charge < -0.3 is 29.9 Å². The Labute approximate surface area is 263 Å². The molecule has 0 aromatic carbocycles. The van der Waals surface area contributed by atoms with E-state index in [9.17, 15) is 9.90 Å². The van der Waals surface area contributed by atoms with Crippen molar-refractivity contribution in [1.82, 2.24) is 24.8 Å². The van der Waals surface area contributed by atoms with E-state index in [0.717, 1.165) is 49.3 Å². The Hall–Kier alpha value is -4.48. The number of carbonyl (C=O) groups is 1. The molecule has 2 aliphatic heterocycles. The van der Waals surface area contributed by atoms with Crippen LogP contribution in [0.1, 0.15) is 48.1 Å². The number of rotatable bonds is 7. The molecule has 0 spiro atoms. The lowest BCUT2D eigenvalue weighted by atomic mass is 9.90. The van der Waals surface area contributed by atoms with Crippen molar-refractivity contribution in [2.45, 2.75) is 52.8 Å². The Morgan fingerprint density at radius 1 is 1.09 bits per heavy atom. The SMILES string of the molecule is COc1ncc(-c2ccnc(N3CCn4c(cc5c4CC(C)(C)C5)C3=O)c2CO)cc1Nc1ccc(N2CCNC[C@@H]2C)cn1. The summed E-state index contributed by atoms with van der Waals surface area (Å²) in [5.41, 5.74) is 7.25. The molecule has 4 aromatic heterocycles. The van der Waals surface area contributed by atoms with E-state index in [-0.39, 0.29) is 17.9 Å². The van der Waals surface area contributed by atoms with Crippen LogP contribution in [0.4, 0.5) is 23.0 Å². The molecule has 3 N–H and O–H groups in total.